The first-order chi connectivity index (χ1) is 18.0. The van der Waals surface area contributed by atoms with E-state index in [0.717, 1.165) is 0 Å². The van der Waals surface area contributed by atoms with Crippen molar-refractivity contribution in [2.24, 2.45) is 5.73 Å². The first-order valence-electron chi connectivity index (χ1n) is 12.5. The molecular weight excluding hydrogens is 496 g/mol. The van der Waals surface area contributed by atoms with Crippen LogP contribution in [0.2, 0.25) is 0 Å². The molecule has 1 unspecified atom stereocenters. The van der Waals surface area contributed by atoms with E-state index < -0.39 is 53.5 Å². The van der Waals surface area contributed by atoms with E-state index in [-0.39, 0.29) is 77.1 Å². The lowest BCUT2D eigenvalue weighted by Crippen LogP contribution is -2.52. The number of nitrogens with two attached hydrogens (primary N) is 1. The van der Waals surface area contributed by atoms with Crippen LogP contribution in [-0.4, -0.2) is 80.9 Å². The number of aliphatic hydroxyl groups is 3. The topological polar surface area (TPSA) is 196 Å². The highest BCUT2D eigenvalue weighted by molar-refractivity contribution is 6.32. The zero-order valence-corrected chi connectivity index (χ0v) is 21.1. The first-order valence-corrected chi connectivity index (χ1v) is 12.5. The Kier molecular flexibility index (Phi) is 6.70. The molecule has 2 aliphatic carbocycles. The van der Waals surface area contributed by atoms with Crippen molar-refractivity contribution in [2.45, 2.75) is 68.9 Å². The maximum Gasteiger partial charge on any atom is 0.198 e. The average molecular weight is 529 g/mol. The largest absolute Gasteiger partial charge is 0.507 e. The number of aliphatic hydroxyl groups excluding tert-OH is 2. The maximum atomic E-state index is 13.6. The van der Waals surface area contributed by atoms with E-state index in [1.54, 1.807) is 19.1 Å². The highest BCUT2D eigenvalue weighted by Crippen LogP contribution is 2.52. The Morgan fingerprint density at radius 3 is 2.61 bits per heavy atom. The summed E-state index contributed by atoms with van der Waals surface area (Å²) in [5, 5.41) is 63.0. The Labute approximate surface area is 218 Å². The number of fused-ring (bicyclic) bond motifs is 3. The van der Waals surface area contributed by atoms with Crippen LogP contribution in [0.25, 0.3) is 0 Å². The Bertz CT molecular complexity index is 1300. The molecule has 1 heterocycles. The van der Waals surface area contributed by atoms with Crippen LogP contribution in [0.1, 0.15) is 70.5 Å². The van der Waals surface area contributed by atoms with Gasteiger partial charge in [0.15, 0.2) is 12.1 Å². The smallest absolute Gasteiger partial charge is 0.198 e. The van der Waals surface area contributed by atoms with Gasteiger partial charge in [-0.1, -0.05) is 12.1 Å². The van der Waals surface area contributed by atoms with E-state index in [1.807, 2.05) is 0 Å². The second-order valence-electron chi connectivity index (χ2n) is 10.3. The van der Waals surface area contributed by atoms with Crippen molar-refractivity contribution in [1.82, 2.24) is 0 Å². The monoisotopic (exact) mass is 528 g/mol. The number of ketones is 1. The number of ether oxygens (including phenoxy) is 3. The molecule has 1 fully saturated rings. The fourth-order valence-electron chi connectivity index (χ4n) is 5.91. The molecule has 3 aliphatic rings. The van der Waals surface area contributed by atoms with Gasteiger partial charge in [0, 0.05) is 48.6 Å². The van der Waals surface area contributed by atoms with Crippen molar-refractivity contribution in [2.75, 3.05) is 13.7 Å². The van der Waals surface area contributed by atoms with Crippen molar-refractivity contribution in [3.63, 3.8) is 0 Å². The highest BCUT2D eigenvalue weighted by Gasteiger charge is 2.47. The van der Waals surface area contributed by atoms with Crippen LogP contribution < -0.4 is 10.5 Å². The molecule has 0 amide bonds. The van der Waals surface area contributed by atoms with Crippen molar-refractivity contribution in [3.05, 3.63) is 51.6 Å². The normalized spacial score (nSPS) is 30.4. The summed E-state index contributed by atoms with van der Waals surface area (Å²) in [5.41, 5.74) is 4.46. The van der Waals surface area contributed by atoms with Gasteiger partial charge in [0.05, 0.1) is 53.4 Å². The molecule has 0 saturated carbocycles. The van der Waals surface area contributed by atoms with Crippen molar-refractivity contribution >= 4 is 11.5 Å². The molecule has 0 radical (unpaired) electrons. The minimum atomic E-state index is -1.53. The van der Waals surface area contributed by atoms with Crippen LogP contribution in [-0.2, 0) is 15.9 Å². The molecule has 0 spiro atoms. The SMILES string of the molecule is COc1cccc2c1C(=N)c1c(O)c3c(c(O)c1C2=O)C[C@@](O)(CCO)CC3O[C@H]1C[C@H](N)[C@@H](O)[C@H](C)O1. The number of hydrogen-bond acceptors (Lipinski definition) is 11. The van der Waals surface area contributed by atoms with Crippen LogP contribution >= 0.6 is 0 Å². The third-order valence-electron chi connectivity index (χ3n) is 7.84. The van der Waals surface area contributed by atoms with Gasteiger partial charge < -0.3 is 45.5 Å². The zero-order chi connectivity index (χ0) is 27.5. The molecule has 1 saturated heterocycles. The van der Waals surface area contributed by atoms with Crippen LogP contribution in [0.15, 0.2) is 18.2 Å². The van der Waals surface area contributed by atoms with Crippen LogP contribution in [0.3, 0.4) is 0 Å². The van der Waals surface area contributed by atoms with Gasteiger partial charge in [-0.3, -0.25) is 10.2 Å². The van der Waals surface area contributed by atoms with Gasteiger partial charge in [0.25, 0.3) is 0 Å². The van der Waals surface area contributed by atoms with Crippen molar-refractivity contribution in [1.29, 1.82) is 5.41 Å². The number of nitrogens with one attached hydrogen (secondary N) is 1. The highest BCUT2D eigenvalue weighted by atomic mass is 16.7. The van der Waals surface area contributed by atoms with Gasteiger partial charge in [-0.25, -0.2) is 0 Å². The lowest BCUT2D eigenvalue weighted by atomic mass is 9.72. The number of phenolic OH excluding ortho intramolecular Hbond substituents is 2. The van der Waals surface area contributed by atoms with E-state index in [9.17, 15) is 30.3 Å². The zero-order valence-electron chi connectivity index (χ0n) is 21.1. The molecule has 0 aromatic heterocycles. The van der Waals surface area contributed by atoms with Gasteiger partial charge in [0.2, 0.25) is 0 Å². The van der Waals surface area contributed by atoms with Gasteiger partial charge in [-0.15, -0.1) is 0 Å². The predicted molar refractivity (Wildman–Crippen MR) is 134 cm³/mol. The fourth-order valence-corrected chi connectivity index (χ4v) is 5.91. The summed E-state index contributed by atoms with van der Waals surface area (Å²) in [6, 6.07) is 4.07. The summed E-state index contributed by atoms with van der Waals surface area (Å²) in [7, 11) is 1.41. The molecule has 8 N–H and O–H groups in total. The summed E-state index contributed by atoms with van der Waals surface area (Å²) < 4.78 is 17.3. The fraction of sp³-hybridized carbons (Fsp3) is 0.481. The van der Waals surface area contributed by atoms with E-state index in [1.165, 1.54) is 13.2 Å². The Morgan fingerprint density at radius 1 is 1.21 bits per heavy atom. The van der Waals surface area contributed by atoms with E-state index >= 15 is 0 Å². The summed E-state index contributed by atoms with van der Waals surface area (Å²) in [6.07, 6.45) is -3.64. The molecule has 6 atom stereocenters. The van der Waals surface area contributed by atoms with Crippen LogP contribution in [0, 0.1) is 5.41 Å². The Morgan fingerprint density at radius 2 is 1.95 bits per heavy atom. The number of carbonyl (C=O) groups excluding carboxylic acids is 1. The Balaban J connectivity index is 1.66. The maximum absolute atomic E-state index is 13.6. The third-order valence-corrected chi connectivity index (χ3v) is 7.84. The quantitative estimate of drug-likeness (QED) is 0.235. The molecule has 204 valence electrons. The summed E-state index contributed by atoms with van der Waals surface area (Å²) >= 11 is 0. The van der Waals surface area contributed by atoms with Gasteiger partial charge in [-0.05, 0) is 19.4 Å². The van der Waals surface area contributed by atoms with Gasteiger partial charge >= 0.3 is 0 Å². The minimum absolute atomic E-state index is 0.0481. The number of methoxy groups -OCH3 is 1. The van der Waals surface area contributed by atoms with Crippen LogP contribution in [0.4, 0.5) is 0 Å². The summed E-state index contributed by atoms with van der Waals surface area (Å²) in [6.45, 7) is 1.30. The minimum Gasteiger partial charge on any atom is -0.507 e. The molecule has 0 bridgehead atoms. The molecule has 38 heavy (non-hydrogen) atoms. The van der Waals surface area contributed by atoms with E-state index in [2.05, 4.69) is 0 Å². The summed E-state index contributed by atoms with van der Waals surface area (Å²) in [5.74, 6) is -1.22. The molecule has 5 rings (SSSR count). The van der Waals surface area contributed by atoms with E-state index in [4.69, 9.17) is 25.4 Å². The summed E-state index contributed by atoms with van der Waals surface area (Å²) in [4.78, 5) is 13.6. The Hall–Kier alpha value is -3.06. The van der Waals surface area contributed by atoms with Gasteiger partial charge in [0.1, 0.15) is 17.2 Å². The number of aromatic hydroxyl groups is 2. The van der Waals surface area contributed by atoms with Crippen LogP contribution in [0.5, 0.6) is 17.2 Å². The van der Waals surface area contributed by atoms with Crippen molar-refractivity contribution in [3.8, 4) is 17.2 Å². The lowest BCUT2D eigenvalue weighted by Gasteiger charge is -2.43. The first kappa shape index (κ1) is 26.5. The number of benzene rings is 2. The number of hydrogen-bond donors (Lipinski definition) is 7. The van der Waals surface area contributed by atoms with Crippen molar-refractivity contribution < 1.29 is 44.5 Å². The molecule has 1 aliphatic heterocycles. The molecule has 2 aromatic rings. The number of carbonyl (C=O) groups is 1. The lowest BCUT2D eigenvalue weighted by molar-refractivity contribution is -0.248. The van der Waals surface area contributed by atoms with Gasteiger partial charge in [-0.2, -0.15) is 0 Å². The average Bonchev–Trinajstić information content (AvgIpc) is 2.87. The molecular formula is C27H32N2O9. The predicted octanol–water partition coefficient (Wildman–Crippen LogP) is 1.01. The third kappa shape index (κ3) is 4.06. The molecule has 2 aromatic carbocycles. The standard InChI is InChI=1S/C27H32N2O9/c1-11-23(31)14(28)8-17(37-11)38-16-10-27(35,6-7-30)9-13-19(16)26(34)20-21(25(13)33)24(32)12-4-3-5-15(36-2)18(12)22(20)29/h3-5,11,14,16-17,23,29-31,33-35H,6-10,28H2,1-2H3/t11-,14-,16?,17-,23-,27-/m0/s1. The number of phenols is 2. The molecule has 11 heteroatoms. The molecule has 11 nitrogen and oxygen atoms in total. The number of rotatable bonds is 5. The van der Waals surface area contributed by atoms with E-state index in [0.29, 0.717) is 0 Å². The second-order valence-corrected chi connectivity index (χ2v) is 10.3. The second kappa shape index (κ2) is 9.60.